The third-order valence-electron chi connectivity index (χ3n) is 2.55. The lowest BCUT2D eigenvalue weighted by Crippen LogP contribution is -2.29. The molecule has 1 atom stereocenters. The molecule has 0 radical (unpaired) electrons. The molecule has 0 fully saturated rings. The molecule has 0 bridgehead atoms. The number of esters is 1. The molecule has 2 aromatic rings. The normalized spacial score (nSPS) is 11.8. The summed E-state index contributed by atoms with van der Waals surface area (Å²) in [6, 6.07) is 3.34. The van der Waals surface area contributed by atoms with E-state index in [1.54, 1.807) is 0 Å². The van der Waals surface area contributed by atoms with Crippen LogP contribution in [0.2, 0.25) is 0 Å². The van der Waals surface area contributed by atoms with E-state index < -0.39 is 6.04 Å². The highest BCUT2D eigenvalue weighted by Crippen LogP contribution is 2.22. The van der Waals surface area contributed by atoms with Gasteiger partial charge < -0.3 is 10.1 Å². The topological polar surface area (TPSA) is 84.1 Å². The molecule has 2 aromatic heterocycles. The first kappa shape index (κ1) is 13.3. The molecule has 1 unspecified atom stereocenters. The molecule has 1 amide bonds. The predicted molar refractivity (Wildman–Crippen MR) is 69.7 cm³/mol. The van der Waals surface area contributed by atoms with E-state index in [1.165, 1.54) is 30.8 Å². The van der Waals surface area contributed by atoms with Gasteiger partial charge in [-0.25, -0.2) is 0 Å². The van der Waals surface area contributed by atoms with Crippen LogP contribution in [-0.4, -0.2) is 29.2 Å². The Hall–Kier alpha value is -2.15. The maximum atomic E-state index is 12.0. The summed E-state index contributed by atoms with van der Waals surface area (Å²) in [5.74, 6) is -0.651. The highest BCUT2D eigenvalue weighted by molar-refractivity contribution is 7.10. The quantitative estimate of drug-likeness (QED) is 0.812. The lowest BCUT2D eigenvalue weighted by Gasteiger charge is -2.15. The molecule has 6 nitrogen and oxygen atoms in total. The van der Waals surface area contributed by atoms with Gasteiger partial charge in [0.25, 0.3) is 5.91 Å². The van der Waals surface area contributed by atoms with Crippen molar-refractivity contribution in [2.24, 2.45) is 0 Å². The lowest BCUT2D eigenvalue weighted by molar-refractivity contribution is -0.141. The van der Waals surface area contributed by atoms with Crippen LogP contribution in [-0.2, 0) is 9.53 Å². The molecule has 2 N–H and O–H groups in total. The third kappa shape index (κ3) is 3.41. The number of thiophene rings is 1. The molecule has 0 aliphatic rings. The first-order valence-corrected chi connectivity index (χ1v) is 6.48. The van der Waals surface area contributed by atoms with Gasteiger partial charge in [-0.05, 0) is 11.4 Å². The summed E-state index contributed by atoms with van der Waals surface area (Å²) in [5, 5.41) is 11.0. The average Bonchev–Trinajstić information content (AvgIpc) is 3.10. The van der Waals surface area contributed by atoms with Gasteiger partial charge in [0.05, 0.1) is 31.3 Å². The third-order valence-corrected chi connectivity index (χ3v) is 3.54. The monoisotopic (exact) mass is 279 g/mol. The minimum Gasteiger partial charge on any atom is -0.469 e. The fraction of sp³-hybridized carbons (Fsp3) is 0.250. The second kappa shape index (κ2) is 6.14. The smallest absolute Gasteiger partial charge is 0.307 e. The summed E-state index contributed by atoms with van der Waals surface area (Å²) in [4.78, 5) is 24.3. The van der Waals surface area contributed by atoms with Crippen LogP contribution < -0.4 is 5.32 Å². The number of methoxy groups -OCH3 is 1. The number of aromatic amines is 1. The Labute approximate surface area is 113 Å². The maximum absolute atomic E-state index is 12.0. The summed E-state index contributed by atoms with van der Waals surface area (Å²) < 4.78 is 4.65. The zero-order valence-electron chi connectivity index (χ0n) is 10.3. The lowest BCUT2D eigenvalue weighted by atomic mass is 10.1. The Balaban J connectivity index is 2.10. The Morgan fingerprint density at radius 2 is 2.42 bits per heavy atom. The van der Waals surface area contributed by atoms with Crippen molar-refractivity contribution in [2.75, 3.05) is 7.11 Å². The zero-order chi connectivity index (χ0) is 13.7. The Morgan fingerprint density at radius 3 is 3.00 bits per heavy atom. The molecule has 0 aliphatic heterocycles. The molecular weight excluding hydrogens is 266 g/mol. The molecule has 7 heteroatoms. The van der Waals surface area contributed by atoms with Crippen molar-refractivity contribution < 1.29 is 14.3 Å². The number of hydrogen-bond acceptors (Lipinski definition) is 5. The number of nitrogens with zero attached hydrogens (tertiary/aromatic N) is 1. The Bertz CT molecular complexity index is 537. The van der Waals surface area contributed by atoms with Gasteiger partial charge in [0.15, 0.2) is 0 Å². The number of carbonyl (C=O) groups is 2. The number of aromatic nitrogens is 2. The molecule has 0 aromatic carbocycles. The number of rotatable bonds is 5. The predicted octanol–water partition coefficient (Wildman–Crippen LogP) is 1.51. The zero-order valence-corrected chi connectivity index (χ0v) is 11.1. The van der Waals surface area contributed by atoms with Gasteiger partial charge >= 0.3 is 5.97 Å². The first-order valence-electron chi connectivity index (χ1n) is 5.60. The molecule has 2 rings (SSSR count). The number of nitrogens with one attached hydrogen (secondary N) is 2. The average molecular weight is 279 g/mol. The molecule has 0 saturated carbocycles. The Kier molecular flexibility index (Phi) is 4.30. The number of hydrogen-bond donors (Lipinski definition) is 2. The minimum absolute atomic E-state index is 0.0978. The van der Waals surface area contributed by atoms with Gasteiger partial charge in [-0.2, -0.15) is 5.10 Å². The van der Waals surface area contributed by atoms with Crippen LogP contribution in [0.1, 0.15) is 27.7 Å². The van der Waals surface area contributed by atoms with Gasteiger partial charge in [-0.3, -0.25) is 14.7 Å². The van der Waals surface area contributed by atoms with Gasteiger partial charge in [-0.1, -0.05) is 6.07 Å². The van der Waals surface area contributed by atoms with E-state index in [0.717, 1.165) is 4.88 Å². The van der Waals surface area contributed by atoms with Gasteiger partial charge in [-0.15, -0.1) is 11.3 Å². The Morgan fingerprint density at radius 1 is 1.58 bits per heavy atom. The van der Waals surface area contributed by atoms with Crippen molar-refractivity contribution in [3.63, 3.8) is 0 Å². The van der Waals surface area contributed by atoms with Gasteiger partial charge in [0.1, 0.15) is 0 Å². The van der Waals surface area contributed by atoms with Crippen molar-refractivity contribution in [3.8, 4) is 0 Å². The second-order valence-corrected chi connectivity index (χ2v) is 4.79. The second-order valence-electron chi connectivity index (χ2n) is 3.81. The van der Waals surface area contributed by atoms with Crippen LogP contribution in [0.3, 0.4) is 0 Å². The molecule has 2 heterocycles. The number of carbonyl (C=O) groups excluding carboxylic acids is 2. The first-order chi connectivity index (χ1) is 9.20. The van der Waals surface area contributed by atoms with Crippen molar-refractivity contribution >= 4 is 23.2 Å². The number of H-pyrrole nitrogens is 1. The number of amides is 1. The molecule has 0 spiro atoms. The van der Waals surface area contributed by atoms with Crippen molar-refractivity contribution in [2.45, 2.75) is 12.5 Å². The summed E-state index contributed by atoms with van der Waals surface area (Å²) in [7, 11) is 1.33. The van der Waals surface area contributed by atoms with E-state index in [1.807, 2.05) is 17.5 Å². The largest absolute Gasteiger partial charge is 0.469 e. The van der Waals surface area contributed by atoms with Gasteiger partial charge in [0.2, 0.25) is 0 Å². The highest BCUT2D eigenvalue weighted by atomic mass is 32.1. The van der Waals surface area contributed by atoms with Crippen molar-refractivity contribution in [3.05, 3.63) is 40.3 Å². The summed E-state index contributed by atoms with van der Waals surface area (Å²) >= 11 is 1.48. The van der Waals surface area contributed by atoms with Gasteiger partial charge in [0, 0.05) is 11.1 Å². The van der Waals surface area contributed by atoms with Crippen LogP contribution in [0, 0.1) is 0 Å². The molecule has 19 heavy (non-hydrogen) atoms. The van der Waals surface area contributed by atoms with E-state index in [9.17, 15) is 9.59 Å². The SMILES string of the molecule is COC(=O)CC(NC(=O)c1cn[nH]c1)c1cccs1. The highest BCUT2D eigenvalue weighted by Gasteiger charge is 2.20. The van der Waals surface area contributed by atoms with Crippen LogP contribution in [0.4, 0.5) is 0 Å². The van der Waals surface area contributed by atoms with Crippen LogP contribution in [0.15, 0.2) is 29.9 Å². The van der Waals surface area contributed by atoms with E-state index in [0.29, 0.717) is 5.56 Å². The van der Waals surface area contributed by atoms with E-state index >= 15 is 0 Å². The molecule has 0 aliphatic carbocycles. The number of ether oxygens (including phenoxy) is 1. The van der Waals surface area contributed by atoms with E-state index in [-0.39, 0.29) is 18.3 Å². The summed E-state index contributed by atoms with van der Waals surface area (Å²) in [6.45, 7) is 0. The molecule has 100 valence electrons. The standard InChI is InChI=1S/C12H13N3O3S/c1-18-11(16)5-9(10-3-2-4-19-10)15-12(17)8-6-13-14-7-8/h2-4,6-7,9H,5H2,1H3,(H,13,14)(H,15,17). The maximum Gasteiger partial charge on any atom is 0.307 e. The fourth-order valence-electron chi connectivity index (χ4n) is 1.58. The molecular formula is C12H13N3O3S. The van der Waals surface area contributed by atoms with E-state index in [4.69, 9.17) is 0 Å². The molecule has 0 saturated heterocycles. The van der Waals surface area contributed by atoms with E-state index in [2.05, 4.69) is 20.3 Å². The fourth-order valence-corrected chi connectivity index (χ4v) is 2.36. The van der Waals surface area contributed by atoms with Crippen LogP contribution in [0.5, 0.6) is 0 Å². The minimum atomic E-state index is -0.394. The van der Waals surface area contributed by atoms with Crippen LogP contribution >= 0.6 is 11.3 Å². The van der Waals surface area contributed by atoms with Crippen molar-refractivity contribution in [1.82, 2.24) is 15.5 Å². The summed E-state index contributed by atoms with van der Waals surface area (Å²) in [6.07, 6.45) is 3.03. The van der Waals surface area contributed by atoms with Crippen molar-refractivity contribution in [1.29, 1.82) is 0 Å². The van der Waals surface area contributed by atoms with Crippen LogP contribution in [0.25, 0.3) is 0 Å². The summed E-state index contributed by atoms with van der Waals surface area (Å²) in [5.41, 5.74) is 0.423.